The summed E-state index contributed by atoms with van der Waals surface area (Å²) >= 11 is 0. The number of carbonyl (C=O) groups excluding carboxylic acids is 1. The molecular weight excluding hydrogens is 250 g/mol. The molecule has 4 N–H and O–H groups in total. The number of hydrogen-bond acceptors (Lipinski definition) is 4. The Kier molecular flexibility index (Phi) is 6.58. The summed E-state index contributed by atoms with van der Waals surface area (Å²) in [6.45, 7) is 2.86. The van der Waals surface area contributed by atoms with Crippen LogP contribution in [-0.2, 0) is 4.79 Å². The van der Waals surface area contributed by atoms with Gasteiger partial charge in [0.05, 0.1) is 0 Å². The van der Waals surface area contributed by atoms with E-state index >= 15 is 0 Å². The molecular formula is C12H23N3O4. The summed E-state index contributed by atoms with van der Waals surface area (Å²) in [5, 5.41) is 22.8. The second kappa shape index (κ2) is 7.96. The zero-order valence-electron chi connectivity index (χ0n) is 11.3. The number of aliphatic hydroxyl groups excluding tert-OH is 1. The average Bonchev–Trinajstić information content (AvgIpc) is 2.36. The van der Waals surface area contributed by atoms with Gasteiger partial charge < -0.3 is 25.7 Å². The molecule has 0 aromatic carbocycles. The Hall–Kier alpha value is -1.34. The molecule has 0 aromatic rings. The van der Waals surface area contributed by atoms with Crippen LogP contribution in [0, 0.1) is 5.92 Å². The molecule has 1 fully saturated rings. The number of nitrogens with zero attached hydrogens (tertiary/aromatic N) is 1. The molecule has 1 rings (SSSR count). The third-order valence-electron chi connectivity index (χ3n) is 3.26. The van der Waals surface area contributed by atoms with E-state index in [1.165, 1.54) is 0 Å². The second-order valence-corrected chi connectivity index (χ2v) is 5.05. The van der Waals surface area contributed by atoms with Gasteiger partial charge >= 0.3 is 12.0 Å². The van der Waals surface area contributed by atoms with E-state index in [4.69, 9.17) is 10.2 Å². The number of hydrogen-bond donors (Lipinski definition) is 4. The third kappa shape index (κ3) is 6.40. The predicted molar refractivity (Wildman–Crippen MR) is 69.9 cm³/mol. The van der Waals surface area contributed by atoms with Gasteiger partial charge in [0.15, 0.2) is 6.10 Å². The van der Waals surface area contributed by atoms with Crippen LogP contribution in [0.4, 0.5) is 4.79 Å². The van der Waals surface area contributed by atoms with Crippen LogP contribution in [-0.4, -0.2) is 66.4 Å². The van der Waals surface area contributed by atoms with Crippen molar-refractivity contribution in [2.24, 2.45) is 5.92 Å². The standard InChI is InChI=1S/C12H23N3O4/c1-15-6-2-3-9(8-15)7-14-12(19)13-5-4-10(16)11(17)18/h9-10,16H,2-8H2,1H3,(H,17,18)(H2,13,14,19). The van der Waals surface area contributed by atoms with Gasteiger partial charge in [0.1, 0.15) is 0 Å². The van der Waals surface area contributed by atoms with Crippen LogP contribution in [0.3, 0.4) is 0 Å². The van der Waals surface area contributed by atoms with Gasteiger partial charge in [-0.2, -0.15) is 0 Å². The van der Waals surface area contributed by atoms with Gasteiger partial charge in [-0.05, 0) is 32.4 Å². The van der Waals surface area contributed by atoms with E-state index in [1.54, 1.807) is 0 Å². The van der Waals surface area contributed by atoms with E-state index in [9.17, 15) is 9.59 Å². The van der Waals surface area contributed by atoms with Crippen molar-refractivity contribution in [2.75, 3.05) is 33.2 Å². The van der Waals surface area contributed by atoms with Gasteiger partial charge in [-0.25, -0.2) is 9.59 Å². The van der Waals surface area contributed by atoms with Crippen LogP contribution in [0.25, 0.3) is 0 Å². The summed E-state index contributed by atoms with van der Waals surface area (Å²) in [6.07, 6.45) is 0.847. The Bertz CT molecular complexity index is 311. The van der Waals surface area contributed by atoms with E-state index in [1.807, 2.05) is 0 Å². The molecule has 7 heteroatoms. The number of carbonyl (C=O) groups is 2. The Labute approximate surface area is 113 Å². The number of carboxylic acid groups (broad SMARTS) is 1. The van der Waals surface area contributed by atoms with Crippen molar-refractivity contribution < 1.29 is 19.8 Å². The van der Waals surface area contributed by atoms with Crippen molar-refractivity contribution in [2.45, 2.75) is 25.4 Å². The minimum Gasteiger partial charge on any atom is -0.479 e. The van der Waals surface area contributed by atoms with E-state index in [0.29, 0.717) is 12.5 Å². The van der Waals surface area contributed by atoms with Crippen molar-refractivity contribution in [3.63, 3.8) is 0 Å². The topological polar surface area (TPSA) is 102 Å². The molecule has 0 saturated carbocycles. The van der Waals surface area contributed by atoms with Gasteiger partial charge in [0, 0.05) is 26.1 Å². The SMILES string of the molecule is CN1CCCC(CNC(=O)NCCC(O)C(=O)O)C1. The molecule has 1 heterocycles. The first-order valence-electron chi connectivity index (χ1n) is 6.60. The largest absolute Gasteiger partial charge is 0.479 e. The summed E-state index contributed by atoms with van der Waals surface area (Å²) in [7, 11) is 2.07. The van der Waals surface area contributed by atoms with E-state index < -0.39 is 12.1 Å². The number of aliphatic hydroxyl groups is 1. The highest BCUT2D eigenvalue weighted by Gasteiger charge is 2.18. The maximum Gasteiger partial charge on any atom is 0.332 e. The molecule has 0 aromatic heterocycles. The number of piperidine rings is 1. The molecule has 19 heavy (non-hydrogen) atoms. The number of urea groups is 1. The number of likely N-dealkylation sites (tertiary alicyclic amines) is 1. The second-order valence-electron chi connectivity index (χ2n) is 5.05. The lowest BCUT2D eigenvalue weighted by Crippen LogP contribution is -2.43. The van der Waals surface area contributed by atoms with Crippen LogP contribution in [0.1, 0.15) is 19.3 Å². The lowest BCUT2D eigenvalue weighted by molar-refractivity contribution is -0.146. The zero-order valence-corrected chi connectivity index (χ0v) is 11.3. The Morgan fingerprint density at radius 3 is 2.79 bits per heavy atom. The quantitative estimate of drug-likeness (QED) is 0.521. The Balaban J connectivity index is 2.09. The van der Waals surface area contributed by atoms with Crippen molar-refractivity contribution in [3.05, 3.63) is 0 Å². The monoisotopic (exact) mass is 273 g/mol. The Morgan fingerprint density at radius 1 is 1.42 bits per heavy atom. The van der Waals surface area contributed by atoms with Gasteiger partial charge in [0.2, 0.25) is 0 Å². The average molecular weight is 273 g/mol. The summed E-state index contributed by atoms with van der Waals surface area (Å²) < 4.78 is 0. The number of rotatable bonds is 6. The molecule has 0 bridgehead atoms. The first kappa shape index (κ1) is 15.7. The highest BCUT2D eigenvalue weighted by atomic mass is 16.4. The predicted octanol–water partition coefficient (Wildman–Crippen LogP) is -0.537. The van der Waals surface area contributed by atoms with Gasteiger partial charge in [-0.1, -0.05) is 0 Å². The third-order valence-corrected chi connectivity index (χ3v) is 3.26. The van der Waals surface area contributed by atoms with Crippen LogP contribution in [0.2, 0.25) is 0 Å². The van der Waals surface area contributed by atoms with Gasteiger partial charge in [-0.15, -0.1) is 0 Å². The van der Waals surface area contributed by atoms with Crippen LogP contribution >= 0.6 is 0 Å². The molecule has 0 radical (unpaired) electrons. The number of carboxylic acids is 1. The minimum absolute atomic E-state index is 0.00885. The lowest BCUT2D eigenvalue weighted by atomic mass is 9.99. The van der Waals surface area contributed by atoms with Crippen molar-refractivity contribution >= 4 is 12.0 Å². The van der Waals surface area contributed by atoms with Crippen LogP contribution < -0.4 is 10.6 Å². The summed E-state index contributed by atoms with van der Waals surface area (Å²) in [5.74, 6) is -0.804. The first-order chi connectivity index (χ1) is 8.99. The van der Waals surface area contributed by atoms with Gasteiger partial charge in [0.25, 0.3) is 0 Å². The first-order valence-corrected chi connectivity index (χ1v) is 6.60. The zero-order chi connectivity index (χ0) is 14.3. The van der Waals surface area contributed by atoms with Crippen molar-refractivity contribution in [1.29, 1.82) is 0 Å². The van der Waals surface area contributed by atoms with E-state index in [2.05, 4.69) is 22.6 Å². The van der Waals surface area contributed by atoms with E-state index in [-0.39, 0.29) is 19.0 Å². The lowest BCUT2D eigenvalue weighted by Gasteiger charge is -2.29. The fourth-order valence-corrected chi connectivity index (χ4v) is 2.19. The van der Waals surface area contributed by atoms with Crippen molar-refractivity contribution in [1.82, 2.24) is 15.5 Å². The number of nitrogens with one attached hydrogen (secondary N) is 2. The highest BCUT2D eigenvalue weighted by molar-refractivity contribution is 5.74. The minimum atomic E-state index is -1.42. The smallest absolute Gasteiger partial charge is 0.332 e. The molecule has 0 aliphatic carbocycles. The molecule has 1 saturated heterocycles. The molecule has 110 valence electrons. The normalized spacial score (nSPS) is 21.7. The van der Waals surface area contributed by atoms with E-state index in [0.717, 1.165) is 25.9 Å². The number of aliphatic carboxylic acids is 1. The maximum atomic E-state index is 11.5. The van der Waals surface area contributed by atoms with Gasteiger partial charge in [-0.3, -0.25) is 0 Å². The van der Waals surface area contributed by atoms with Crippen LogP contribution in [0.5, 0.6) is 0 Å². The molecule has 2 unspecified atom stereocenters. The van der Waals surface area contributed by atoms with Crippen LogP contribution in [0.15, 0.2) is 0 Å². The molecule has 0 spiro atoms. The fourth-order valence-electron chi connectivity index (χ4n) is 2.19. The molecule has 7 nitrogen and oxygen atoms in total. The molecule has 2 amide bonds. The summed E-state index contributed by atoms with van der Waals surface area (Å²) in [6, 6.07) is -0.314. The van der Waals surface area contributed by atoms with Crippen molar-refractivity contribution in [3.8, 4) is 0 Å². The molecule has 1 aliphatic heterocycles. The summed E-state index contributed by atoms with van der Waals surface area (Å²) in [5.41, 5.74) is 0. The molecule has 1 aliphatic rings. The highest BCUT2D eigenvalue weighted by Crippen LogP contribution is 2.13. The summed E-state index contributed by atoms with van der Waals surface area (Å²) in [4.78, 5) is 24.1. The molecule has 2 atom stereocenters. The number of amides is 2. The maximum absolute atomic E-state index is 11.5. The Morgan fingerprint density at radius 2 is 2.16 bits per heavy atom. The fraction of sp³-hybridized carbons (Fsp3) is 0.833.